The molecule has 0 aliphatic carbocycles. The molecule has 2 atom stereocenters. The lowest BCUT2D eigenvalue weighted by Crippen LogP contribution is -2.45. The number of hydrogen-bond donors (Lipinski definition) is 2. The molecule has 0 aliphatic rings. The van der Waals surface area contributed by atoms with E-state index in [4.69, 9.17) is 10.5 Å². The first-order chi connectivity index (χ1) is 10.1. The lowest BCUT2D eigenvalue weighted by Gasteiger charge is -2.19. The predicted molar refractivity (Wildman–Crippen MR) is 81.5 cm³/mol. The van der Waals surface area contributed by atoms with Crippen molar-refractivity contribution >= 4 is 11.9 Å². The number of amides is 1. The van der Waals surface area contributed by atoms with Gasteiger partial charge in [-0.05, 0) is 24.9 Å². The molecule has 0 radical (unpaired) electrons. The highest BCUT2D eigenvalue weighted by atomic mass is 16.5. The van der Waals surface area contributed by atoms with Gasteiger partial charge >= 0.3 is 5.97 Å². The molecule has 116 valence electrons. The summed E-state index contributed by atoms with van der Waals surface area (Å²) >= 11 is 0. The van der Waals surface area contributed by atoms with Gasteiger partial charge in [0, 0.05) is 12.3 Å². The van der Waals surface area contributed by atoms with Crippen molar-refractivity contribution in [3.63, 3.8) is 0 Å². The first-order valence-corrected chi connectivity index (χ1v) is 7.20. The fourth-order valence-electron chi connectivity index (χ4n) is 2.05. The van der Waals surface area contributed by atoms with Crippen molar-refractivity contribution in [2.24, 2.45) is 11.7 Å². The molecule has 1 aromatic rings. The summed E-state index contributed by atoms with van der Waals surface area (Å²) in [6.07, 6.45) is 1.92. The summed E-state index contributed by atoms with van der Waals surface area (Å²) in [5.74, 6) is -0.746. The number of esters is 1. The highest BCUT2D eigenvalue weighted by Crippen LogP contribution is 2.08. The van der Waals surface area contributed by atoms with Crippen LogP contribution in [0.2, 0.25) is 0 Å². The average molecular weight is 292 g/mol. The number of benzene rings is 1. The molecule has 0 saturated heterocycles. The van der Waals surface area contributed by atoms with Gasteiger partial charge in [-0.15, -0.1) is 0 Å². The first-order valence-electron chi connectivity index (χ1n) is 7.20. The second-order valence-corrected chi connectivity index (χ2v) is 5.11. The number of methoxy groups -OCH3 is 1. The molecule has 1 amide bonds. The van der Waals surface area contributed by atoms with E-state index in [0.717, 1.165) is 12.0 Å². The molecule has 21 heavy (non-hydrogen) atoms. The summed E-state index contributed by atoms with van der Waals surface area (Å²) in [6, 6.07) is 8.87. The first kappa shape index (κ1) is 17.2. The molecule has 1 aromatic carbocycles. The number of rotatable bonds is 8. The Morgan fingerprint density at radius 2 is 1.95 bits per heavy atom. The molecule has 0 heterocycles. The van der Waals surface area contributed by atoms with Crippen LogP contribution in [0.4, 0.5) is 0 Å². The van der Waals surface area contributed by atoms with Gasteiger partial charge in [-0.1, -0.05) is 37.3 Å². The van der Waals surface area contributed by atoms with Gasteiger partial charge in [-0.3, -0.25) is 4.79 Å². The number of nitrogens with two attached hydrogens (primary N) is 1. The van der Waals surface area contributed by atoms with Crippen molar-refractivity contribution in [3.05, 3.63) is 35.9 Å². The fourth-order valence-corrected chi connectivity index (χ4v) is 2.05. The van der Waals surface area contributed by atoms with Crippen LogP contribution in [0, 0.1) is 5.92 Å². The predicted octanol–water partition coefficient (Wildman–Crippen LogP) is 1.26. The third-order valence-electron chi connectivity index (χ3n) is 3.37. The molecule has 0 fully saturated rings. The van der Waals surface area contributed by atoms with E-state index in [2.05, 4.69) is 5.32 Å². The summed E-state index contributed by atoms with van der Waals surface area (Å²) in [6.45, 7) is 2.39. The van der Waals surface area contributed by atoms with Gasteiger partial charge < -0.3 is 15.8 Å². The Bertz CT molecular complexity index is 448. The largest absolute Gasteiger partial charge is 0.467 e. The average Bonchev–Trinajstić information content (AvgIpc) is 2.51. The van der Waals surface area contributed by atoms with Crippen molar-refractivity contribution in [2.75, 3.05) is 13.7 Å². The molecule has 0 spiro atoms. The third-order valence-corrected chi connectivity index (χ3v) is 3.37. The Hall–Kier alpha value is -1.88. The van der Waals surface area contributed by atoms with Crippen LogP contribution in [0.1, 0.15) is 25.3 Å². The summed E-state index contributed by atoms with van der Waals surface area (Å²) in [5, 5.41) is 2.77. The summed E-state index contributed by atoms with van der Waals surface area (Å²) in [7, 11) is 1.32. The van der Waals surface area contributed by atoms with Gasteiger partial charge in [0.25, 0.3) is 0 Å². The number of nitrogens with one attached hydrogen (secondary N) is 1. The van der Waals surface area contributed by atoms with Gasteiger partial charge in [-0.2, -0.15) is 0 Å². The zero-order chi connectivity index (χ0) is 15.7. The van der Waals surface area contributed by atoms with Crippen LogP contribution in [0.25, 0.3) is 0 Å². The van der Waals surface area contributed by atoms with E-state index < -0.39 is 12.0 Å². The molecular formula is C16H24N2O3. The molecule has 2 unspecified atom stereocenters. The Kier molecular flexibility index (Phi) is 7.46. The van der Waals surface area contributed by atoms with Gasteiger partial charge in [0.2, 0.25) is 5.91 Å². The second-order valence-electron chi connectivity index (χ2n) is 5.11. The monoisotopic (exact) mass is 292 g/mol. The van der Waals surface area contributed by atoms with E-state index in [1.54, 1.807) is 0 Å². The van der Waals surface area contributed by atoms with Crippen LogP contribution in [0.5, 0.6) is 0 Å². The van der Waals surface area contributed by atoms with Gasteiger partial charge in [0.15, 0.2) is 0 Å². The van der Waals surface area contributed by atoms with E-state index in [-0.39, 0.29) is 11.8 Å². The molecule has 3 N–H and O–H groups in total. The second kappa shape index (κ2) is 9.13. The van der Waals surface area contributed by atoms with E-state index >= 15 is 0 Å². The molecule has 0 bridgehead atoms. The number of ether oxygens (including phenoxy) is 1. The van der Waals surface area contributed by atoms with E-state index in [1.165, 1.54) is 7.11 Å². The van der Waals surface area contributed by atoms with Crippen molar-refractivity contribution in [2.45, 2.75) is 32.2 Å². The van der Waals surface area contributed by atoms with Gasteiger partial charge in [-0.25, -0.2) is 4.79 Å². The highest BCUT2D eigenvalue weighted by molar-refractivity contribution is 5.85. The lowest BCUT2D eigenvalue weighted by molar-refractivity contribution is -0.145. The van der Waals surface area contributed by atoms with Crippen molar-refractivity contribution < 1.29 is 14.3 Å². The topological polar surface area (TPSA) is 81.4 Å². The summed E-state index contributed by atoms with van der Waals surface area (Å²) in [5.41, 5.74) is 6.42. The smallest absolute Gasteiger partial charge is 0.328 e. The number of hydrogen-bond acceptors (Lipinski definition) is 4. The van der Waals surface area contributed by atoms with Crippen molar-refractivity contribution in [1.29, 1.82) is 0 Å². The normalized spacial score (nSPS) is 13.3. The molecule has 0 aliphatic heterocycles. The quantitative estimate of drug-likeness (QED) is 0.707. The van der Waals surface area contributed by atoms with Crippen molar-refractivity contribution in [1.82, 2.24) is 5.32 Å². The minimum atomic E-state index is -0.662. The van der Waals surface area contributed by atoms with Crippen LogP contribution in [0.15, 0.2) is 30.3 Å². The number of carbonyl (C=O) groups excluding carboxylic acids is 2. The number of carbonyl (C=O) groups is 2. The zero-order valence-corrected chi connectivity index (χ0v) is 12.7. The van der Waals surface area contributed by atoms with Crippen molar-refractivity contribution in [3.8, 4) is 0 Å². The van der Waals surface area contributed by atoms with Crippen LogP contribution >= 0.6 is 0 Å². The van der Waals surface area contributed by atoms with Crippen LogP contribution < -0.4 is 11.1 Å². The fraction of sp³-hybridized carbons (Fsp3) is 0.500. The molecule has 1 rings (SSSR count). The zero-order valence-electron chi connectivity index (χ0n) is 12.7. The lowest BCUT2D eigenvalue weighted by atomic mass is 10.0. The van der Waals surface area contributed by atoms with Crippen LogP contribution in [-0.2, 0) is 20.7 Å². The summed E-state index contributed by atoms with van der Waals surface area (Å²) < 4.78 is 4.77. The molecule has 5 heteroatoms. The van der Waals surface area contributed by atoms with Gasteiger partial charge in [0.1, 0.15) is 6.04 Å². The SMILES string of the molecule is COC(=O)C(Cc1ccccc1)NC(=O)C(C)CCCN. The minimum Gasteiger partial charge on any atom is -0.467 e. The molecule has 0 aromatic heterocycles. The molecule has 0 saturated carbocycles. The standard InChI is InChI=1S/C16H24N2O3/c1-12(7-6-10-17)15(19)18-14(16(20)21-2)11-13-8-4-3-5-9-13/h3-5,8-9,12,14H,6-7,10-11,17H2,1-2H3,(H,18,19). The Labute approximate surface area is 125 Å². The Balaban J connectivity index is 2.66. The molecule has 5 nitrogen and oxygen atoms in total. The van der Waals surface area contributed by atoms with Crippen LogP contribution in [-0.4, -0.2) is 31.6 Å². The Morgan fingerprint density at radius 3 is 2.52 bits per heavy atom. The maximum absolute atomic E-state index is 12.1. The maximum Gasteiger partial charge on any atom is 0.328 e. The van der Waals surface area contributed by atoms with E-state index in [9.17, 15) is 9.59 Å². The van der Waals surface area contributed by atoms with E-state index in [0.29, 0.717) is 19.4 Å². The highest BCUT2D eigenvalue weighted by Gasteiger charge is 2.24. The van der Waals surface area contributed by atoms with Crippen LogP contribution in [0.3, 0.4) is 0 Å². The molecular weight excluding hydrogens is 268 g/mol. The third kappa shape index (κ3) is 5.95. The van der Waals surface area contributed by atoms with Gasteiger partial charge in [0.05, 0.1) is 7.11 Å². The minimum absolute atomic E-state index is 0.144. The van der Waals surface area contributed by atoms with E-state index in [1.807, 2.05) is 37.3 Å². The Morgan fingerprint density at radius 1 is 1.29 bits per heavy atom. The maximum atomic E-state index is 12.1. The summed E-state index contributed by atoms with van der Waals surface area (Å²) in [4.78, 5) is 23.9.